The van der Waals surface area contributed by atoms with Gasteiger partial charge in [-0.15, -0.1) is 0 Å². The van der Waals surface area contributed by atoms with Crippen molar-refractivity contribution in [2.75, 3.05) is 12.3 Å². The van der Waals surface area contributed by atoms with Gasteiger partial charge < -0.3 is 10.8 Å². The lowest BCUT2D eigenvalue weighted by Gasteiger charge is -2.20. The minimum absolute atomic E-state index is 0.0204. The Labute approximate surface area is 126 Å². The van der Waals surface area contributed by atoms with E-state index in [0.29, 0.717) is 6.54 Å². The maximum absolute atomic E-state index is 12.2. The smallest absolute Gasteiger partial charge is 0.245 e. The number of aliphatic hydroxyl groups excluding tert-OH is 1. The van der Waals surface area contributed by atoms with Crippen LogP contribution in [-0.2, 0) is 16.6 Å². The average molecular weight is 318 g/mol. The molecule has 1 aromatic heterocycles. The zero-order valence-corrected chi connectivity index (χ0v) is 13.7. The standard InChI is InChI=1S/C13H26N4O3S/c1-4-7-17-9-12(13(14)16-17)21(19,20)15-8-11(18)10(5-2)6-3/h9-11,15,18H,4-8H2,1-3H3,(H2,14,16). The van der Waals surface area contributed by atoms with Crippen molar-refractivity contribution in [3.8, 4) is 0 Å². The Kier molecular flexibility index (Phi) is 6.63. The van der Waals surface area contributed by atoms with Gasteiger partial charge in [-0.1, -0.05) is 33.6 Å². The second kappa shape index (κ2) is 7.77. The molecule has 1 rings (SSSR count). The number of nitrogens with zero attached hydrogens (tertiary/aromatic N) is 2. The summed E-state index contributed by atoms with van der Waals surface area (Å²) in [4.78, 5) is -0.0345. The van der Waals surface area contributed by atoms with E-state index in [-0.39, 0.29) is 23.2 Å². The molecule has 0 aliphatic carbocycles. The highest BCUT2D eigenvalue weighted by molar-refractivity contribution is 7.89. The molecule has 0 spiro atoms. The normalized spacial score (nSPS) is 13.8. The zero-order chi connectivity index (χ0) is 16.0. The largest absolute Gasteiger partial charge is 0.391 e. The lowest BCUT2D eigenvalue weighted by atomic mass is 9.97. The predicted molar refractivity (Wildman–Crippen MR) is 82.2 cm³/mol. The van der Waals surface area contributed by atoms with Gasteiger partial charge in [0.15, 0.2) is 5.82 Å². The van der Waals surface area contributed by atoms with Crippen LogP contribution in [0.5, 0.6) is 0 Å². The first-order chi connectivity index (χ1) is 9.85. The number of nitrogens with one attached hydrogen (secondary N) is 1. The van der Waals surface area contributed by atoms with E-state index >= 15 is 0 Å². The quantitative estimate of drug-likeness (QED) is 0.628. The van der Waals surface area contributed by atoms with E-state index in [1.54, 1.807) is 0 Å². The summed E-state index contributed by atoms with van der Waals surface area (Å²) >= 11 is 0. The molecular weight excluding hydrogens is 292 g/mol. The van der Waals surface area contributed by atoms with Gasteiger partial charge in [0.25, 0.3) is 0 Å². The van der Waals surface area contributed by atoms with Crippen molar-refractivity contribution < 1.29 is 13.5 Å². The van der Waals surface area contributed by atoms with Gasteiger partial charge in [0, 0.05) is 19.3 Å². The third-order valence-corrected chi connectivity index (χ3v) is 5.01. The number of aliphatic hydroxyl groups is 1. The van der Waals surface area contributed by atoms with Gasteiger partial charge >= 0.3 is 0 Å². The SMILES string of the molecule is CCCn1cc(S(=O)(=O)NCC(O)C(CC)CC)c(N)n1. The van der Waals surface area contributed by atoms with Crippen molar-refractivity contribution in [3.05, 3.63) is 6.20 Å². The Morgan fingerprint density at radius 2 is 2.00 bits per heavy atom. The molecule has 1 unspecified atom stereocenters. The highest BCUT2D eigenvalue weighted by Crippen LogP contribution is 2.17. The van der Waals surface area contributed by atoms with Gasteiger partial charge in [0.05, 0.1) is 6.10 Å². The molecule has 1 atom stereocenters. The first-order valence-corrected chi connectivity index (χ1v) is 8.84. The van der Waals surface area contributed by atoms with Gasteiger partial charge in [-0.2, -0.15) is 5.10 Å². The number of nitrogen functional groups attached to an aromatic ring is 1. The number of hydrogen-bond acceptors (Lipinski definition) is 5. The third kappa shape index (κ3) is 4.69. The van der Waals surface area contributed by atoms with Crippen LogP contribution in [0.4, 0.5) is 5.82 Å². The highest BCUT2D eigenvalue weighted by atomic mass is 32.2. The van der Waals surface area contributed by atoms with E-state index in [1.165, 1.54) is 10.9 Å². The molecule has 0 saturated carbocycles. The van der Waals surface area contributed by atoms with E-state index in [2.05, 4.69) is 9.82 Å². The molecule has 21 heavy (non-hydrogen) atoms. The Morgan fingerprint density at radius 1 is 1.38 bits per heavy atom. The van der Waals surface area contributed by atoms with E-state index in [9.17, 15) is 13.5 Å². The van der Waals surface area contributed by atoms with Crippen LogP contribution >= 0.6 is 0 Å². The number of nitrogens with two attached hydrogens (primary N) is 1. The summed E-state index contributed by atoms with van der Waals surface area (Å²) in [6.07, 6.45) is 3.15. The van der Waals surface area contributed by atoms with Gasteiger partial charge in [0.2, 0.25) is 10.0 Å². The highest BCUT2D eigenvalue weighted by Gasteiger charge is 2.23. The first-order valence-electron chi connectivity index (χ1n) is 7.36. The number of rotatable bonds is 9. The fourth-order valence-corrected chi connectivity index (χ4v) is 3.36. The Hall–Kier alpha value is -1.12. The molecule has 1 heterocycles. The summed E-state index contributed by atoms with van der Waals surface area (Å²) < 4.78 is 28.4. The van der Waals surface area contributed by atoms with Gasteiger partial charge in [-0.3, -0.25) is 4.68 Å². The summed E-state index contributed by atoms with van der Waals surface area (Å²) in [7, 11) is -3.75. The van der Waals surface area contributed by atoms with Gasteiger partial charge in [0.1, 0.15) is 4.90 Å². The number of anilines is 1. The fraction of sp³-hybridized carbons (Fsp3) is 0.769. The molecule has 1 aromatic rings. The summed E-state index contributed by atoms with van der Waals surface area (Å²) in [5.41, 5.74) is 5.66. The van der Waals surface area contributed by atoms with E-state index in [1.807, 2.05) is 20.8 Å². The van der Waals surface area contributed by atoms with Crippen LogP contribution in [0.2, 0.25) is 0 Å². The molecule has 122 valence electrons. The minimum atomic E-state index is -3.75. The molecule has 0 aromatic carbocycles. The van der Waals surface area contributed by atoms with Crippen LogP contribution in [-0.4, -0.2) is 36.0 Å². The summed E-state index contributed by atoms with van der Waals surface area (Å²) in [6, 6.07) is 0. The van der Waals surface area contributed by atoms with Crippen LogP contribution < -0.4 is 10.5 Å². The van der Waals surface area contributed by atoms with E-state index < -0.39 is 16.1 Å². The fourth-order valence-electron chi connectivity index (χ4n) is 2.24. The third-order valence-electron chi connectivity index (χ3n) is 3.57. The van der Waals surface area contributed by atoms with Crippen molar-refractivity contribution in [3.63, 3.8) is 0 Å². The first kappa shape index (κ1) is 17.9. The maximum atomic E-state index is 12.2. The van der Waals surface area contributed by atoms with Crippen molar-refractivity contribution >= 4 is 15.8 Å². The molecule has 0 aliphatic heterocycles. The summed E-state index contributed by atoms with van der Waals surface area (Å²) in [6.45, 7) is 6.50. The number of aromatic nitrogens is 2. The lowest BCUT2D eigenvalue weighted by molar-refractivity contribution is 0.107. The predicted octanol–water partition coefficient (Wildman–Crippen LogP) is 0.951. The molecule has 0 radical (unpaired) electrons. The minimum Gasteiger partial charge on any atom is -0.391 e. The Bertz CT molecular complexity index is 538. The molecule has 0 amide bonds. The molecular formula is C13H26N4O3S. The number of hydrogen-bond donors (Lipinski definition) is 3. The second-order valence-electron chi connectivity index (χ2n) is 5.14. The average Bonchev–Trinajstić information content (AvgIpc) is 2.80. The van der Waals surface area contributed by atoms with Crippen molar-refractivity contribution in [2.24, 2.45) is 5.92 Å². The molecule has 0 aliphatic rings. The zero-order valence-electron chi connectivity index (χ0n) is 12.9. The van der Waals surface area contributed by atoms with Crippen LogP contribution in [0, 0.1) is 5.92 Å². The molecule has 4 N–H and O–H groups in total. The molecule has 8 heteroatoms. The number of aryl methyl sites for hydroxylation is 1. The van der Waals surface area contributed by atoms with Crippen LogP contribution in [0.25, 0.3) is 0 Å². The Morgan fingerprint density at radius 3 is 2.52 bits per heavy atom. The maximum Gasteiger partial charge on any atom is 0.245 e. The second-order valence-corrected chi connectivity index (χ2v) is 6.87. The van der Waals surface area contributed by atoms with E-state index in [4.69, 9.17) is 5.73 Å². The number of sulfonamides is 1. The topological polar surface area (TPSA) is 110 Å². The van der Waals surface area contributed by atoms with Gasteiger partial charge in [-0.05, 0) is 12.3 Å². The Balaban J connectivity index is 2.78. The monoisotopic (exact) mass is 318 g/mol. The van der Waals surface area contributed by atoms with Crippen LogP contribution in [0.3, 0.4) is 0 Å². The van der Waals surface area contributed by atoms with Crippen LogP contribution in [0.1, 0.15) is 40.0 Å². The molecule has 0 fully saturated rings. The van der Waals surface area contributed by atoms with Crippen molar-refractivity contribution in [1.29, 1.82) is 0 Å². The molecule has 0 saturated heterocycles. The van der Waals surface area contributed by atoms with Crippen molar-refractivity contribution in [2.45, 2.75) is 57.6 Å². The molecule has 0 bridgehead atoms. The lowest BCUT2D eigenvalue weighted by Crippen LogP contribution is -2.36. The van der Waals surface area contributed by atoms with Gasteiger partial charge in [-0.25, -0.2) is 13.1 Å². The summed E-state index contributed by atoms with van der Waals surface area (Å²) in [5.74, 6) is 0.0563. The van der Waals surface area contributed by atoms with Crippen LogP contribution in [0.15, 0.2) is 11.1 Å². The summed E-state index contributed by atoms with van der Waals surface area (Å²) in [5, 5.41) is 14.0. The molecule has 7 nitrogen and oxygen atoms in total. The van der Waals surface area contributed by atoms with Crippen molar-refractivity contribution in [1.82, 2.24) is 14.5 Å². The van der Waals surface area contributed by atoms with E-state index in [0.717, 1.165) is 19.3 Å².